The zero-order valence-corrected chi connectivity index (χ0v) is 26.0. The van der Waals surface area contributed by atoms with E-state index >= 15 is 0 Å². The van der Waals surface area contributed by atoms with Gasteiger partial charge in [0.05, 0.1) is 25.9 Å². The monoisotopic (exact) mass is 719 g/mol. The smallest absolute Gasteiger partial charge is 0.394 e. The minimum atomic E-state index is -4.71. The van der Waals surface area contributed by atoms with Crippen LogP contribution < -0.4 is 22.6 Å². The highest BCUT2D eigenvalue weighted by Gasteiger charge is 2.49. The van der Waals surface area contributed by atoms with E-state index in [2.05, 4.69) is 29.9 Å². The number of nitrogens with two attached hydrogens (primary N) is 2. The van der Waals surface area contributed by atoms with Crippen LogP contribution in [0.2, 0.25) is 0 Å². The van der Waals surface area contributed by atoms with Gasteiger partial charge >= 0.3 is 15.6 Å². The van der Waals surface area contributed by atoms with Gasteiger partial charge in [0.2, 0.25) is 11.9 Å². The third-order valence-corrected chi connectivity index (χ3v) is 8.90. The normalized spacial score (nSPS) is 29.1. The summed E-state index contributed by atoms with van der Waals surface area (Å²) in [6, 6.07) is 0. The van der Waals surface area contributed by atoms with Gasteiger partial charge in [-0.1, -0.05) is 0 Å². The quantitative estimate of drug-likeness (QED) is 0.0642. The fourth-order valence-electron chi connectivity index (χ4n) is 5.35. The fraction of sp³-hybridized carbons (Fsp3) is 0.545. The molecule has 2 fully saturated rings. The molecule has 2 aliphatic heterocycles. The molecule has 260 valence electrons. The summed E-state index contributed by atoms with van der Waals surface area (Å²) in [6.45, 7) is -1.41. The number of nitrogen functional groups attached to an aromatic ring is 2. The van der Waals surface area contributed by atoms with Gasteiger partial charge in [0, 0.05) is 0 Å². The molecule has 48 heavy (non-hydrogen) atoms. The van der Waals surface area contributed by atoms with Crippen molar-refractivity contribution >= 4 is 49.8 Å². The average molecular weight is 719 g/mol. The van der Waals surface area contributed by atoms with Crippen LogP contribution in [-0.4, -0.2) is 127 Å². The molecule has 26 heteroatoms. The van der Waals surface area contributed by atoms with Crippen LogP contribution in [0, 0.1) is 0 Å². The summed E-state index contributed by atoms with van der Waals surface area (Å²) >= 11 is 0. The van der Waals surface area contributed by atoms with Gasteiger partial charge in [-0.2, -0.15) is 14.9 Å². The number of hydrogen-bond acceptors (Lipinski definition) is 18. The van der Waals surface area contributed by atoms with Crippen molar-refractivity contribution in [3.63, 3.8) is 0 Å². The summed E-state index contributed by atoms with van der Waals surface area (Å²) in [5, 5.41) is 31.5. The first-order valence-corrected chi connectivity index (χ1v) is 17.0. The van der Waals surface area contributed by atoms with Crippen LogP contribution in [0.3, 0.4) is 0 Å². The molecule has 0 spiro atoms. The first kappa shape index (κ1) is 34.1. The van der Waals surface area contributed by atoms with Crippen LogP contribution in [-0.2, 0) is 32.6 Å². The number of ether oxygens (including phenoxy) is 4. The summed E-state index contributed by atoms with van der Waals surface area (Å²) in [4.78, 5) is 64.9. The molecule has 0 aromatic carbocycles. The summed E-state index contributed by atoms with van der Waals surface area (Å²) in [7, 11) is -7.52. The molecule has 11 N–H and O–H groups in total. The maximum atomic E-state index is 13.1. The average Bonchev–Trinajstić information content (AvgIpc) is 3.77. The number of aromatic nitrogens is 8. The lowest BCUT2D eigenvalue weighted by Gasteiger charge is -2.24. The highest BCUT2D eigenvalue weighted by molar-refractivity contribution is 7.52. The van der Waals surface area contributed by atoms with Crippen LogP contribution >= 0.6 is 15.6 Å². The number of aromatic amines is 2. The number of nitrogens with zero attached hydrogens (tertiary/aromatic N) is 6. The molecule has 4 aromatic heterocycles. The molecule has 0 radical (unpaired) electrons. The number of aliphatic hydroxyl groups excluding tert-OH is 3. The Morgan fingerprint density at radius 2 is 1.42 bits per heavy atom. The lowest BCUT2D eigenvalue weighted by molar-refractivity contribution is -0.0675. The maximum Gasteiger partial charge on any atom is 0.534 e. The number of nitrogens with one attached hydrogen (secondary N) is 2. The van der Waals surface area contributed by atoms with Gasteiger partial charge in [-0.15, -0.1) is 0 Å². The van der Waals surface area contributed by atoms with E-state index < -0.39 is 102 Å². The Bertz CT molecular complexity index is 2000. The first-order chi connectivity index (χ1) is 22.8. The van der Waals surface area contributed by atoms with Gasteiger partial charge in [-0.25, -0.2) is 9.97 Å². The molecule has 24 nitrogen and oxygen atoms in total. The molecule has 0 amide bonds. The van der Waals surface area contributed by atoms with Crippen LogP contribution in [0.5, 0.6) is 0 Å². The molecule has 6 heterocycles. The van der Waals surface area contributed by atoms with Crippen LogP contribution in [0.4, 0.5) is 11.9 Å². The van der Waals surface area contributed by atoms with Gasteiger partial charge in [0.25, 0.3) is 17.5 Å². The predicted octanol–water partition coefficient (Wildman–Crippen LogP) is -3.45. The molecular weight excluding hydrogens is 690 g/mol. The fourth-order valence-corrected chi connectivity index (χ4v) is 6.46. The van der Waals surface area contributed by atoms with Crippen molar-refractivity contribution in [2.24, 2.45) is 0 Å². The topological polar surface area (TPSA) is 361 Å². The van der Waals surface area contributed by atoms with Gasteiger partial charge in [-0.05, 0) is 4.57 Å². The lowest BCUT2D eigenvalue weighted by Crippen LogP contribution is -2.36. The molecule has 0 saturated carbocycles. The van der Waals surface area contributed by atoms with E-state index in [-0.39, 0.29) is 34.2 Å². The summed E-state index contributed by atoms with van der Waals surface area (Å²) in [6.07, 6.45) is -10.6. The van der Waals surface area contributed by atoms with Crippen LogP contribution in [0.25, 0.3) is 22.3 Å². The van der Waals surface area contributed by atoms with Crippen LogP contribution in [0.15, 0.2) is 22.2 Å². The zero-order chi connectivity index (χ0) is 34.5. The van der Waals surface area contributed by atoms with Crippen molar-refractivity contribution in [3.8, 4) is 0 Å². The SMILES string of the molecule is Nc1nc2c(ncn2[C@@H]2O[C@H](COP(=O)(O)CO[C@H]3[C@@H](O)[C@@H](CO)O[C@H]3n3cnc4c(=O)[nH]c(N)nc43)C(O)C2OC[P+](=O)O)c(=O)[nH]1. The minimum absolute atomic E-state index is 0.0540. The lowest BCUT2D eigenvalue weighted by atomic mass is 10.1. The van der Waals surface area contributed by atoms with Crippen molar-refractivity contribution in [1.29, 1.82) is 0 Å². The standard InChI is InChI=1S/C22H28N10O14P2/c23-21-27-15-9(17(36)29-21)25-3-31(15)19-13(42-5-47(38)39)12(35)8(46-19)2-44-48(40,41)6-43-14-11(34)7(1-33)45-20(14)32-4-26-10-16(32)28-22(24)30-18(10)37/h3-4,7-8,11-14,19-20,33-35H,1-2,5-6H2,(H7-,23,24,27,28,29,30,36,37,38,39,40,41)/p+1/t7-,8-,11+,12?,13?,14+,19-,20-/m1/s1. The molecular formula is C22H29N10O14P2+. The number of fused-ring (bicyclic) bond motifs is 2. The molecule has 2 saturated heterocycles. The number of imidazole rings is 2. The van der Waals surface area contributed by atoms with E-state index in [1.807, 2.05) is 0 Å². The van der Waals surface area contributed by atoms with E-state index in [4.69, 9.17) is 34.9 Å². The molecule has 0 aliphatic carbocycles. The van der Waals surface area contributed by atoms with E-state index in [9.17, 15) is 43.8 Å². The third-order valence-electron chi connectivity index (χ3n) is 7.50. The Morgan fingerprint density at radius 3 is 1.94 bits per heavy atom. The second kappa shape index (κ2) is 13.3. The maximum absolute atomic E-state index is 13.1. The van der Waals surface area contributed by atoms with Crippen molar-refractivity contribution in [3.05, 3.63) is 33.4 Å². The number of H-pyrrole nitrogens is 2. The third kappa shape index (κ3) is 6.48. The van der Waals surface area contributed by atoms with Crippen molar-refractivity contribution in [1.82, 2.24) is 39.0 Å². The Balaban J connectivity index is 1.17. The van der Waals surface area contributed by atoms with Crippen molar-refractivity contribution < 1.29 is 57.7 Å². The van der Waals surface area contributed by atoms with Gasteiger partial charge in [0.1, 0.15) is 43.0 Å². The Morgan fingerprint density at radius 1 is 0.917 bits per heavy atom. The largest absolute Gasteiger partial charge is 0.534 e. The molecule has 6 rings (SSSR count). The van der Waals surface area contributed by atoms with Gasteiger partial charge in [0.15, 0.2) is 34.8 Å². The Hall–Kier alpha value is -3.77. The van der Waals surface area contributed by atoms with E-state index in [0.29, 0.717) is 0 Å². The second-order valence-corrected chi connectivity index (χ2v) is 13.4. The van der Waals surface area contributed by atoms with Gasteiger partial charge < -0.3 is 55.2 Å². The molecule has 4 unspecified atom stereocenters. The number of aliphatic hydroxyl groups is 3. The van der Waals surface area contributed by atoms with Crippen LogP contribution in [0.1, 0.15) is 12.5 Å². The van der Waals surface area contributed by atoms with Crippen molar-refractivity contribution in [2.45, 2.75) is 49.1 Å². The second-order valence-electron chi connectivity index (χ2n) is 10.7. The summed E-state index contributed by atoms with van der Waals surface area (Å²) in [5.41, 5.74) is 9.58. The highest BCUT2D eigenvalue weighted by Crippen LogP contribution is 2.45. The van der Waals surface area contributed by atoms with E-state index in [1.165, 1.54) is 9.13 Å². The first-order valence-electron chi connectivity index (χ1n) is 13.8. The van der Waals surface area contributed by atoms with E-state index in [0.717, 1.165) is 12.7 Å². The van der Waals surface area contributed by atoms with E-state index in [1.54, 1.807) is 0 Å². The zero-order valence-electron chi connectivity index (χ0n) is 24.2. The molecule has 2 aliphatic rings. The Labute approximate surface area is 266 Å². The predicted molar refractivity (Wildman–Crippen MR) is 157 cm³/mol. The Kier molecular flexibility index (Phi) is 9.43. The molecule has 10 atom stereocenters. The van der Waals surface area contributed by atoms with Gasteiger partial charge in [-0.3, -0.25) is 33.3 Å². The van der Waals surface area contributed by atoms with Crippen molar-refractivity contribution in [2.75, 3.05) is 37.4 Å². The number of anilines is 2. The number of rotatable bonds is 12. The highest BCUT2D eigenvalue weighted by atomic mass is 31.2. The summed E-state index contributed by atoms with van der Waals surface area (Å²) in [5.74, 6) is -0.505. The minimum Gasteiger partial charge on any atom is -0.394 e. The molecule has 4 aromatic rings. The number of hydrogen-bond donors (Lipinski definition) is 9. The molecule has 0 bridgehead atoms. The summed E-state index contributed by atoms with van der Waals surface area (Å²) < 4.78 is 54.5.